The van der Waals surface area contributed by atoms with Crippen molar-refractivity contribution in [2.24, 2.45) is 0 Å². The molecule has 1 unspecified atom stereocenters. The Hall–Kier alpha value is -2.99. The molecular formula is C26H30ClF3N6O4S. The number of ether oxygens (including phenoxy) is 1. The minimum Gasteiger partial charge on any atom is -0.609 e. The molecule has 2 aromatic rings. The summed E-state index contributed by atoms with van der Waals surface area (Å²) in [7, 11) is 0. The number of aliphatic hydroxyl groups is 1. The maximum Gasteiger partial charge on any atom is 0.419 e. The Kier molecular flexibility index (Phi) is 8.84. The molecule has 0 radical (unpaired) electrons. The van der Waals surface area contributed by atoms with Gasteiger partial charge >= 0.3 is 17.4 Å². The lowest BCUT2D eigenvalue weighted by atomic mass is 10.0. The molecule has 15 heteroatoms. The van der Waals surface area contributed by atoms with E-state index in [-0.39, 0.29) is 50.0 Å². The highest BCUT2D eigenvalue weighted by Crippen LogP contribution is 2.43. The lowest BCUT2D eigenvalue weighted by molar-refractivity contribution is -0.137. The van der Waals surface area contributed by atoms with Gasteiger partial charge in [-0.05, 0) is 39.3 Å². The van der Waals surface area contributed by atoms with Crippen molar-refractivity contribution >= 4 is 40.4 Å². The molecule has 2 aliphatic rings. The van der Waals surface area contributed by atoms with Crippen molar-refractivity contribution in [2.45, 2.75) is 62.8 Å². The molecule has 0 spiro atoms. The van der Waals surface area contributed by atoms with Gasteiger partial charge < -0.3 is 24.2 Å². The van der Waals surface area contributed by atoms with Crippen molar-refractivity contribution in [1.82, 2.24) is 14.9 Å². The molecule has 222 valence electrons. The summed E-state index contributed by atoms with van der Waals surface area (Å²) in [6, 6.07) is 4.82. The summed E-state index contributed by atoms with van der Waals surface area (Å²) in [6.07, 6.45) is -5.21. The zero-order valence-electron chi connectivity index (χ0n) is 22.9. The molecule has 1 saturated heterocycles. The number of amides is 1. The van der Waals surface area contributed by atoms with Crippen LogP contribution < -0.4 is 9.80 Å². The number of piperazine rings is 1. The molecule has 10 nitrogen and oxygen atoms in total. The van der Waals surface area contributed by atoms with Crippen LogP contribution in [0, 0.1) is 11.3 Å². The molecule has 1 amide bonds. The number of benzene rings is 1. The van der Waals surface area contributed by atoms with Gasteiger partial charge in [-0.25, -0.2) is 4.79 Å². The standard InChI is InChI=1S/C26H30ClF3N6O4S/c1-25(2,3)40-24(38)36-11-10-35(14-19(36)20(37)12-31)22-15-8-9-34(13-17(15)32-23(33-22)41(4)39)18-7-5-6-16(27)21(18)26(28,29)30/h5-7,19-20,37H,8-11,13-14H2,1-4H3/t19-,20+,41?/m1/s1. The molecule has 3 atom stereocenters. The molecule has 41 heavy (non-hydrogen) atoms. The normalized spacial score (nSPS) is 19.3. The fraction of sp³-hybridized carbons (Fsp3) is 0.538. The first-order valence-corrected chi connectivity index (χ1v) is 14.7. The molecule has 1 aromatic carbocycles. The van der Waals surface area contributed by atoms with Gasteiger partial charge in [0.05, 0.1) is 40.6 Å². The minimum absolute atomic E-state index is 0.00491. The Morgan fingerprint density at radius 1 is 1.24 bits per heavy atom. The van der Waals surface area contributed by atoms with Crippen LogP contribution in [0.5, 0.6) is 0 Å². The average molecular weight is 615 g/mol. The van der Waals surface area contributed by atoms with Gasteiger partial charge in [-0.15, -0.1) is 0 Å². The second kappa shape index (κ2) is 11.7. The number of carbonyl (C=O) groups is 1. The largest absolute Gasteiger partial charge is 0.609 e. The minimum atomic E-state index is -4.68. The van der Waals surface area contributed by atoms with E-state index in [9.17, 15) is 32.9 Å². The number of hydrogen-bond acceptors (Lipinski definition) is 9. The van der Waals surface area contributed by atoms with E-state index >= 15 is 0 Å². The Balaban J connectivity index is 1.69. The Morgan fingerprint density at radius 3 is 2.56 bits per heavy atom. The number of rotatable bonds is 4. The summed E-state index contributed by atoms with van der Waals surface area (Å²) in [4.78, 5) is 26.4. The number of anilines is 2. The molecule has 0 saturated carbocycles. The van der Waals surface area contributed by atoms with Crippen molar-refractivity contribution in [3.8, 4) is 6.07 Å². The van der Waals surface area contributed by atoms with E-state index in [0.717, 1.165) is 0 Å². The second-order valence-corrected chi connectivity index (χ2v) is 12.5. The quantitative estimate of drug-likeness (QED) is 0.311. The molecule has 1 N–H and O–H groups in total. The van der Waals surface area contributed by atoms with Gasteiger partial charge in [-0.2, -0.15) is 28.4 Å². The van der Waals surface area contributed by atoms with Crippen LogP contribution >= 0.6 is 11.6 Å². The van der Waals surface area contributed by atoms with Crippen molar-refractivity contribution in [1.29, 1.82) is 5.26 Å². The first-order valence-electron chi connectivity index (χ1n) is 12.8. The zero-order chi connectivity index (χ0) is 30.3. The zero-order valence-corrected chi connectivity index (χ0v) is 24.5. The molecule has 3 heterocycles. The first kappa shape index (κ1) is 31.0. The molecule has 1 fully saturated rings. The van der Waals surface area contributed by atoms with Gasteiger partial charge in [-0.1, -0.05) is 17.7 Å². The smallest absolute Gasteiger partial charge is 0.419 e. The second-order valence-electron chi connectivity index (χ2n) is 10.8. The van der Waals surface area contributed by atoms with Crippen molar-refractivity contribution in [2.75, 3.05) is 42.2 Å². The number of carbonyl (C=O) groups excluding carboxylic acids is 1. The maximum atomic E-state index is 13.9. The Labute approximate surface area is 243 Å². The molecule has 1 aromatic heterocycles. The summed E-state index contributed by atoms with van der Waals surface area (Å²) >= 11 is 4.33. The average Bonchev–Trinajstić information content (AvgIpc) is 2.89. The fourth-order valence-corrected chi connectivity index (χ4v) is 5.68. The highest BCUT2D eigenvalue weighted by atomic mass is 35.5. The van der Waals surface area contributed by atoms with Gasteiger partial charge in [0.2, 0.25) is 0 Å². The molecule has 0 bridgehead atoms. The van der Waals surface area contributed by atoms with Gasteiger partial charge in [0.15, 0.2) is 6.10 Å². The van der Waals surface area contributed by atoms with E-state index in [0.29, 0.717) is 17.1 Å². The number of fused-ring (bicyclic) bond motifs is 1. The summed E-state index contributed by atoms with van der Waals surface area (Å²) < 4.78 is 59.6. The summed E-state index contributed by atoms with van der Waals surface area (Å²) in [5, 5.41) is 19.5. The number of aliphatic hydroxyl groups excluding tert-OH is 1. The fourth-order valence-electron chi connectivity index (χ4n) is 4.95. The SMILES string of the molecule is C[S+]([O-])c1nc2c(c(N3CCN(C(=O)OC(C)(C)C)[C@@H]([C@@H](O)C#N)C3)n1)CCN(c1cccc(Cl)c1C(F)(F)F)C2. The third-order valence-electron chi connectivity index (χ3n) is 6.74. The van der Waals surface area contributed by atoms with E-state index < -0.39 is 51.8 Å². The van der Waals surface area contributed by atoms with Crippen LogP contribution in [0.15, 0.2) is 23.4 Å². The summed E-state index contributed by atoms with van der Waals surface area (Å²) in [6.45, 7) is 5.69. The lowest BCUT2D eigenvalue weighted by Gasteiger charge is -2.43. The van der Waals surface area contributed by atoms with Crippen molar-refractivity contribution < 1.29 is 32.4 Å². The van der Waals surface area contributed by atoms with Crippen LogP contribution in [0.2, 0.25) is 5.02 Å². The topological polar surface area (TPSA) is 129 Å². The van der Waals surface area contributed by atoms with E-state index in [1.807, 2.05) is 0 Å². The number of nitriles is 1. The molecule has 4 rings (SSSR count). The third kappa shape index (κ3) is 6.74. The number of hydrogen-bond donors (Lipinski definition) is 1. The first-order chi connectivity index (χ1) is 19.1. The predicted octanol–water partition coefficient (Wildman–Crippen LogP) is 3.76. The van der Waals surface area contributed by atoms with Crippen LogP contribution in [0.3, 0.4) is 0 Å². The van der Waals surface area contributed by atoms with Crippen molar-refractivity contribution in [3.05, 3.63) is 40.0 Å². The van der Waals surface area contributed by atoms with Gasteiger partial charge in [0.1, 0.15) is 17.7 Å². The van der Waals surface area contributed by atoms with Crippen LogP contribution in [-0.2, 0) is 35.1 Å². The number of nitrogens with zero attached hydrogens (tertiary/aromatic N) is 6. The highest BCUT2D eigenvalue weighted by molar-refractivity contribution is 7.90. The summed E-state index contributed by atoms with van der Waals surface area (Å²) in [5.74, 6) is 0.404. The Bertz CT molecular complexity index is 1350. The van der Waals surface area contributed by atoms with Crippen LogP contribution in [0.25, 0.3) is 0 Å². The van der Waals surface area contributed by atoms with Gasteiger partial charge in [-0.3, -0.25) is 4.90 Å². The van der Waals surface area contributed by atoms with Crippen LogP contribution in [0.4, 0.5) is 29.5 Å². The van der Waals surface area contributed by atoms with E-state index in [4.69, 9.17) is 16.3 Å². The van der Waals surface area contributed by atoms with E-state index in [1.165, 1.54) is 34.3 Å². The monoisotopic (exact) mass is 614 g/mol. The number of halogens is 4. The molecule has 0 aliphatic carbocycles. The van der Waals surface area contributed by atoms with Gasteiger partial charge in [0.25, 0.3) is 0 Å². The van der Waals surface area contributed by atoms with Crippen LogP contribution in [0.1, 0.15) is 37.6 Å². The maximum absolute atomic E-state index is 13.9. The Morgan fingerprint density at radius 2 is 1.95 bits per heavy atom. The number of aromatic nitrogens is 2. The van der Waals surface area contributed by atoms with E-state index in [2.05, 4.69) is 9.97 Å². The van der Waals surface area contributed by atoms with Crippen LogP contribution in [-0.4, -0.2) is 80.8 Å². The predicted molar refractivity (Wildman–Crippen MR) is 146 cm³/mol. The molecular weight excluding hydrogens is 585 g/mol. The highest BCUT2D eigenvalue weighted by Gasteiger charge is 2.41. The van der Waals surface area contributed by atoms with Crippen molar-refractivity contribution in [3.63, 3.8) is 0 Å². The number of alkyl halides is 3. The molecule has 2 aliphatic heterocycles. The lowest BCUT2D eigenvalue weighted by Crippen LogP contribution is -2.60. The third-order valence-corrected chi connectivity index (χ3v) is 7.75. The van der Waals surface area contributed by atoms with E-state index in [1.54, 1.807) is 31.7 Å². The summed E-state index contributed by atoms with van der Waals surface area (Å²) in [5.41, 5.74) is -0.750. The van der Waals surface area contributed by atoms with Gasteiger partial charge in [0, 0.05) is 42.9 Å².